The van der Waals surface area contributed by atoms with Gasteiger partial charge in [0.15, 0.2) is 0 Å². The Labute approximate surface area is 205 Å². The first kappa shape index (κ1) is 26.8. The summed E-state index contributed by atoms with van der Waals surface area (Å²) < 4.78 is 10.3. The molecule has 0 atom stereocenters. The highest BCUT2D eigenvalue weighted by atomic mass is 32.2. The van der Waals surface area contributed by atoms with Crippen LogP contribution in [0.3, 0.4) is 0 Å². The third kappa shape index (κ3) is 8.45. The van der Waals surface area contributed by atoms with Crippen molar-refractivity contribution in [1.82, 2.24) is 0 Å². The Kier molecular flexibility index (Phi) is 10.3. The Morgan fingerprint density at radius 2 is 1.06 bits per heavy atom. The van der Waals surface area contributed by atoms with E-state index < -0.39 is 0 Å². The first-order valence-electron chi connectivity index (χ1n) is 10.7. The minimum atomic E-state index is -0.344. The molecule has 0 fully saturated rings. The minimum Gasteiger partial charge on any atom is -0.461 e. The zero-order valence-corrected chi connectivity index (χ0v) is 21.4. The molecule has 33 heavy (non-hydrogen) atoms. The molecule has 0 radical (unpaired) electrons. The van der Waals surface area contributed by atoms with Crippen molar-refractivity contribution < 1.29 is 19.1 Å². The van der Waals surface area contributed by atoms with E-state index in [9.17, 15) is 9.59 Å². The largest absolute Gasteiger partial charge is 0.461 e. The zero-order valence-electron chi connectivity index (χ0n) is 19.8. The van der Waals surface area contributed by atoms with Crippen LogP contribution in [0.4, 0.5) is 0 Å². The Balaban J connectivity index is 1.88. The minimum absolute atomic E-state index is 0.138. The van der Waals surface area contributed by atoms with Crippen molar-refractivity contribution in [2.24, 2.45) is 0 Å². The number of ether oxygens (including phenoxy) is 2. The Morgan fingerprint density at radius 3 is 1.36 bits per heavy atom. The van der Waals surface area contributed by atoms with Crippen molar-refractivity contribution in [2.45, 2.75) is 42.9 Å². The normalized spacial score (nSPS) is 11.0. The van der Waals surface area contributed by atoms with Gasteiger partial charge in [-0.05, 0) is 49.2 Å². The van der Waals surface area contributed by atoms with Gasteiger partial charge in [0.25, 0.3) is 0 Å². The van der Waals surface area contributed by atoms with Crippen LogP contribution in [0.15, 0.2) is 82.6 Å². The number of benzene rings is 2. The summed E-state index contributed by atoms with van der Waals surface area (Å²) >= 11 is 3.32. The first-order valence-corrected chi connectivity index (χ1v) is 12.7. The van der Waals surface area contributed by atoms with E-state index in [-0.39, 0.29) is 17.4 Å². The maximum absolute atomic E-state index is 11.4. The van der Waals surface area contributed by atoms with Crippen molar-refractivity contribution in [3.8, 4) is 0 Å². The van der Waals surface area contributed by atoms with Crippen molar-refractivity contribution in [3.63, 3.8) is 0 Å². The lowest BCUT2D eigenvalue weighted by Gasteiger charge is -2.26. The smallest absolute Gasteiger partial charge is 0.333 e. The van der Waals surface area contributed by atoms with Gasteiger partial charge >= 0.3 is 11.9 Å². The molecule has 2 rings (SSSR count). The fourth-order valence-corrected chi connectivity index (χ4v) is 4.40. The molecule has 0 bridgehead atoms. The zero-order chi connectivity index (χ0) is 24.4. The van der Waals surface area contributed by atoms with Gasteiger partial charge in [0.2, 0.25) is 0 Å². The molecule has 0 aromatic heterocycles. The summed E-state index contributed by atoms with van der Waals surface area (Å²) in [6, 6.07) is 17.1. The molecule has 0 aliphatic carbocycles. The summed E-state index contributed by atoms with van der Waals surface area (Å²) in [7, 11) is 0. The first-order chi connectivity index (χ1) is 15.6. The Bertz CT molecular complexity index is 897. The van der Waals surface area contributed by atoms with Gasteiger partial charge in [0.1, 0.15) is 13.2 Å². The molecular weight excluding hydrogens is 452 g/mol. The van der Waals surface area contributed by atoms with Crippen LogP contribution < -0.4 is 0 Å². The topological polar surface area (TPSA) is 52.6 Å². The van der Waals surface area contributed by atoms with Crippen LogP contribution in [0.5, 0.6) is 0 Å². The van der Waals surface area contributed by atoms with Crippen LogP contribution in [0.25, 0.3) is 0 Å². The molecule has 0 aliphatic heterocycles. The van der Waals surface area contributed by atoms with E-state index in [2.05, 4.69) is 75.5 Å². The number of esters is 2. The molecule has 0 unspecified atom stereocenters. The molecular formula is C27H32O4S2. The van der Waals surface area contributed by atoms with E-state index in [4.69, 9.17) is 9.47 Å². The highest BCUT2D eigenvalue weighted by Crippen LogP contribution is 2.33. The van der Waals surface area contributed by atoms with E-state index in [0.29, 0.717) is 35.9 Å². The van der Waals surface area contributed by atoms with Gasteiger partial charge in [-0.2, -0.15) is 0 Å². The molecule has 176 valence electrons. The molecule has 0 saturated heterocycles. The third-order valence-electron chi connectivity index (χ3n) is 5.02. The number of hydrogen-bond acceptors (Lipinski definition) is 6. The van der Waals surface area contributed by atoms with Gasteiger partial charge in [-0.1, -0.05) is 51.3 Å². The lowest BCUT2D eigenvalue weighted by Crippen LogP contribution is -2.18. The standard InChI is InChI=1S/C27H32O4S2/c1-19(2)25(28)30-15-17-32-23-11-7-21(8-12-23)27(5,6)22-9-13-24(14-10-22)33-18-16-31-26(29)20(3)4/h7-14H,1,3,15-18H2,2,4-6H3. The average molecular weight is 485 g/mol. The third-order valence-corrected chi connectivity index (χ3v) is 6.97. The summed E-state index contributed by atoms with van der Waals surface area (Å²) in [5, 5.41) is 0. The number of carbonyl (C=O) groups is 2. The molecule has 2 aromatic rings. The van der Waals surface area contributed by atoms with Crippen molar-refractivity contribution >= 4 is 35.5 Å². The van der Waals surface area contributed by atoms with Crippen LogP contribution in [0.2, 0.25) is 0 Å². The van der Waals surface area contributed by atoms with E-state index in [1.54, 1.807) is 37.4 Å². The summed E-state index contributed by atoms with van der Waals surface area (Å²) in [6.07, 6.45) is 0. The van der Waals surface area contributed by atoms with Gasteiger partial charge in [-0.25, -0.2) is 9.59 Å². The fourth-order valence-electron chi connectivity index (χ4n) is 2.94. The predicted octanol–water partition coefficient (Wildman–Crippen LogP) is 6.44. The predicted molar refractivity (Wildman–Crippen MR) is 138 cm³/mol. The van der Waals surface area contributed by atoms with Crippen molar-refractivity contribution in [2.75, 3.05) is 24.7 Å². The van der Waals surface area contributed by atoms with Gasteiger partial charge in [0.05, 0.1) is 0 Å². The summed E-state index contributed by atoms with van der Waals surface area (Å²) in [4.78, 5) is 25.1. The molecule has 0 heterocycles. The fraction of sp³-hybridized carbons (Fsp3) is 0.333. The Morgan fingerprint density at radius 1 is 0.727 bits per heavy atom. The van der Waals surface area contributed by atoms with E-state index in [1.165, 1.54) is 11.1 Å². The van der Waals surface area contributed by atoms with Crippen LogP contribution >= 0.6 is 23.5 Å². The quantitative estimate of drug-likeness (QED) is 0.150. The second kappa shape index (κ2) is 12.7. The number of rotatable bonds is 12. The molecule has 0 aliphatic rings. The second-order valence-corrected chi connectivity index (χ2v) is 10.5. The molecule has 0 spiro atoms. The lowest BCUT2D eigenvalue weighted by molar-refractivity contribution is -0.139. The molecule has 0 amide bonds. The maximum atomic E-state index is 11.4. The van der Waals surface area contributed by atoms with E-state index in [1.807, 2.05) is 0 Å². The average Bonchev–Trinajstić information content (AvgIpc) is 2.79. The molecule has 0 N–H and O–H groups in total. The molecule has 2 aromatic carbocycles. The van der Waals surface area contributed by atoms with E-state index >= 15 is 0 Å². The highest BCUT2D eigenvalue weighted by molar-refractivity contribution is 7.99. The molecule has 0 saturated carbocycles. The SMILES string of the molecule is C=C(C)C(=O)OCCSc1ccc(C(C)(C)c2ccc(SCCOC(=O)C(=C)C)cc2)cc1. The van der Waals surface area contributed by atoms with Crippen LogP contribution in [0, 0.1) is 0 Å². The lowest BCUT2D eigenvalue weighted by atomic mass is 9.78. The number of thioether (sulfide) groups is 2. The maximum Gasteiger partial charge on any atom is 0.333 e. The van der Waals surface area contributed by atoms with Crippen LogP contribution in [-0.4, -0.2) is 36.7 Å². The van der Waals surface area contributed by atoms with Crippen LogP contribution in [-0.2, 0) is 24.5 Å². The second-order valence-electron chi connectivity index (χ2n) is 8.20. The number of hydrogen-bond donors (Lipinski definition) is 0. The van der Waals surface area contributed by atoms with Crippen LogP contribution in [0.1, 0.15) is 38.8 Å². The molecule has 6 heteroatoms. The molecule has 4 nitrogen and oxygen atoms in total. The van der Waals surface area contributed by atoms with Crippen molar-refractivity contribution in [3.05, 3.63) is 84.0 Å². The van der Waals surface area contributed by atoms with Gasteiger partial charge in [-0.15, -0.1) is 23.5 Å². The van der Waals surface area contributed by atoms with Crippen molar-refractivity contribution in [1.29, 1.82) is 0 Å². The Hall–Kier alpha value is -2.44. The number of carbonyl (C=O) groups excluding carboxylic acids is 2. The monoisotopic (exact) mass is 484 g/mol. The van der Waals surface area contributed by atoms with Gasteiger partial charge in [0, 0.05) is 37.9 Å². The van der Waals surface area contributed by atoms with E-state index in [0.717, 1.165) is 9.79 Å². The summed E-state index contributed by atoms with van der Waals surface area (Å²) in [5.41, 5.74) is 3.16. The van der Waals surface area contributed by atoms with Gasteiger partial charge < -0.3 is 9.47 Å². The highest BCUT2D eigenvalue weighted by Gasteiger charge is 2.23. The summed E-state index contributed by atoms with van der Waals surface area (Å²) in [5.74, 6) is 0.715. The summed E-state index contributed by atoms with van der Waals surface area (Å²) in [6.45, 7) is 15.6. The van der Waals surface area contributed by atoms with Gasteiger partial charge in [-0.3, -0.25) is 0 Å².